The van der Waals surface area contributed by atoms with Gasteiger partial charge >= 0.3 is 0 Å². The van der Waals surface area contributed by atoms with Crippen molar-refractivity contribution in [1.82, 2.24) is 19.5 Å². The fraction of sp³-hybridized carbons (Fsp3) is 0.324. The smallest absolute Gasteiger partial charge is 0.247 e. The molecule has 1 saturated carbocycles. The standard InChI is InChI=1S/C34H39N5O4Si/c1-44(2,26-16-10-5-11-17-26)28-18-29(34(41,22-40)27(28)21-42-19-24-12-6-3-7-13-24)39-23-36-30-31(39)37-33(35)38-32(30)43-20-25-14-8-4-9-15-25/h3-17,23,27-29,40-41H,18-22H2,1-2H3,(H2,35,37,38)/t27-,28+,29+,34?/m1/s1. The molecule has 0 amide bonds. The highest BCUT2D eigenvalue weighted by atomic mass is 28.3. The number of fused-ring (bicyclic) bond motifs is 1. The Morgan fingerprint density at radius 3 is 2.16 bits per heavy atom. The second-order valence-electron chi connectivity index (χ2n) is 12.2. The summed E-state index contributed by atoms with van der Waals surface area (Å²) >= 11 is 0. The zero-order valence-corrected chi connectivity index (χ0v) is 26.1. The normalized spacial score (nSPS) is 22.0. The summed E-state index contributed by atoms with van der Waals surface area (Å²) in [4.78, 5) is 13.5. The number of imidazole rings is 1. The van der Waals surface area contributed by atoms with Gasteiger partial charge in [-0.15, -0.1) is 0 Å². The lowest BCUT2D eigenvalue weighted by molar-refractivity contribution is -0.0935. The van der Waals surface area contributed by atoms with Crippen molar-refractivity contribution >= 4 is 30.4 Å². The van der Waals surface area contributed by atoms with Gasteiger partial charge in [0, 0.05) is 5.92 Å². The van der Waals surface area contributed by atoms with Gasteiger partial charge in [0.05, 0.1) is 40.3 Å². The van der Waals surface area contributed by atoms with Gasteiger partial charge in [0.2, 0.25) is 11.8 Å². The summed E-state index contributed by atoms with van der Waals surface area (Å²) in [6.45, 7) is 5.24. The minimum atomic E-state index is -2.20. The van der Waals surface area contributed by atoms with Gasteiger partial charge in [-0.05, 0) is 23.1 Å². The van der Waals surface area contributed by atoms with Crippen molar-refractivity contribution in [3.05, 3.63) is 108 Å². The molecule has 0 bridgehead atoms. The van der Waals surface area contributed by atoms with Crippen LogP contribution in [0.5, 0.6) is 5.88 Å². The zero-order valence-electron chi connectivity index (χ0n) is 25.1. The zero-order chi connectivity index (χ0) is 30.7. The van der Waals surface area contributed by atoms with E-state index in [9.17, 15) is 10.2 Å². The van der Waals surface area contributed by atoms with E-state index in [1.165, 1.54) is 5.19 Å². The first-order valence-corrected chi connectivity index (χ1v) is 18.1. The van der Waals surface area contributed by atoms with Crippen molar-refractivity contribution in [2.75, 3.05) is 18.9 Å². The Bertz CT molecular complexity index is 1690. The van der Waals surface area contributed by atoms with Crippen LogP contribution in [0.1, 0.15) is 23.6 Å². The molecule has 1 aliphatic rings. The largest absolute Gasteiger partial charge is 0.471 e. The molecule has 5 aromatic rings. The van der Waals surface area contributed by atoms with Crippen LogP contribution in [-0.2, 0) is 18.0 Å². The molecule has 9 nitrogen and oxygen atoms in total. The number of nitrogens with zero attached hydrogens (tertiary/aromatic N) is 4. The monoisotopic (exact) mass is 609 g/mol. The first kappa shape index (κ1) is 30.0. The minimum Gasteiger partial charge on any atom is -0.471 e. The molecular weight excluding hydrogens is 570 g/mol. The Morgan fingerprint density at radius 1 is 0.909 bits per heavy atom. The second kappa shape index (κ2) is 12.5. The quantitative estimate of drug-likeness (QED) is 0.187. The summed E-state index contributed by atoms with van der Waals surface area (Å²) in [5, 5.41) is 24.7. The van der Waals surface area contributed by atoms with Crippen molar-refractivity contribution in [2.45, 2.75) is 49.9 Å². The third-order valence-corrected chi connectivity index (χ3v) is 13.6. The van der Waals surface area contributed by atoms with Gasteiger partial charge in [0.25, 0.3) is 0 Å². The fourth-order valence-corrected chi connectivity index (χ4v) is 10.4. The van der Waals surface area contributed by atoms with E-state index < -0.39 is 26.3 Å². The lowest BCUT2D eigenvalue weighted by Gasteiger charge is -2.39. The number of aliphatic hydroxyl groups excluding tert-OH is 1. The summed E-state index contributed by atoms with van der Waals surface area (Å²) in [6, 6.07) is 29.8. The maximum Gasteiger partial charge on any atom is 0.247 e. The number of benzene rings is 3. The van der Waals surface area contributed by atoms with Gasteiger partial charge in [-0.2, -0.15) is 9.97 Å². The number of aliphatic hydroxyl groups is 2. The summed E-state index contributed by atoms with van der Waals surface area (Å²) < 4.78 is 14.2. The number of aromatic nitrogens is 4. The topological polar surface area (TPSA) is 129 Å². The molecular formula is C34H39N5O4Si. The van der Waals surface area contributed by atoms with Crippen molar-refractivity contribution in [3.63, 3.8) is 0 Å². The van der Waals surface area contributed by atoms with Crippen molar-refractivity contribution in [3.8, 4) is 5.88 Å². The number of nitrogen functional groups attached to an aromatic ring is 1. The van der Waals surface area contributed by atoms with Crippen LogP contribution in [0, 0.1) is 5.92 Å². The summed E-state index contributed by atoms with van der Waals surface area (Å²) in [7, 11) is -2.20. The van der Waals surface area contributed by atoms with Crippen LogP contribution in [0.25, 0.3) is 11.2 Å². The molecule has 4 atom stereocenters. The van der Waals surface area contributed by atoms with Gasteiger partial charge in [-0.25, -0.2) is 4.98 Å². The molecule has 228 valence electrons. The number of anilines is 1. The number of rotatable bonds is 11. The lowest BCUT2D eigenvalue weighted by Crippen LogP contribution is -2.52. The van der Waals surface area contributed by atoms with E-state index in [0.717, 1.165) is 11.1 Å². The summed E-state index contributed by atoms with van der Waals surface area (Å²) in [5.41, 5.74) is 7.70. The minimum absolute atomic E-state index is 0.0473. The van der Waals surface area contributed by atoms with E-state index in [-0.39, 0.29) is 23.3 Å². The molecule has 6 rings (SSSR count). The highest BCUT2D eigenvalue weighted by Gasteiger charge is 2.59. The number of ether oxygens (including phenoxy) is 2. The van der Waals surface area contributed by atoms with Gasteiger partial charge in [0.15, 0.2) is 11.2 Å². The molecule has 3 aromatic carbocycles. The van der Waals surface area contributed by atoms with Gasteiger partial charge in [0.1, 0.15) is 12.2 Å². The lowest BCUT2D eigenvalue weighted by atomic mass is 9.89. The maximum absolute atomic E-state index is 12.5. The highest BCUT2D eigenvalue weighted by Crippen LogP contribution is 2.55. The Kier molecular flexibility index (Phi) is 8.50. The van der Waals surface area contributed by atoms with Crippen molar-refractivity contribution in [1.29, 1.82) is 0 Å². The fourth-order valence-electron chi connectivity index (χ4n) is 6.76. The molecule has 1 unspecified atom stereocenters. The van der Waals surface area contributed by atoms with E-state index in [4.69, 9.17) is 15.2 Å². The predicted molar refractivity (Wildman–Crippen MR) is 173 cm³/mol. The Hall–Kier alpha value is -4.09. The third kappa shape index (κ3) is 5.73. The van der Waals surface area contributed by atoms with Crippen LogP contribution >= 0.6 is 0 Å². The van der Waals surface area contributed by atoms with E-state index in [0.29, 0.717) is 37.4 Å². The van der Waals surface area contributed by atoms with E-state index in [1.54, 1.807) is 6.33 Å². The third-order valence-electron chi connectivity index (χ3n) is 9.25. The SMILES string of the molecule is C[Si](C)(c1ccccc1)[C@H]1C[C@H](n2cnc3c(OCc4ccccc4)nc(N)nc32)C(O)(CO)[C@@H]1COCc1ccccc1. The molecule has 10 heteroatoms. The second-order valence-corrected chi connectivity index (χ2v) is 16.9. The molecule has 0 spiro atoms. The number of hydrogen-bond acceptors (Lipinski definition) is 8. The Morgan fingerprint density at radius 2 is 1.52 bits per heavy atom. The molecule has 2 heterocycles. The molecule has 1 aliphatic carbocycles. The average molecular weight is 610 g/mol. The first-order chi connectivity index (χ1) is 21.3. The van der Waals surface area contributed by atoms with Gasteiger partial charge < -0.3 is 30.0 Å². The number of hydrogen-bond donors (Lipinski definition) is 3. The maximum atomic E-state index is 12.5. The van der Waals surface area contributed by atoms with Crippen LogP contribution in [0.4, 0.5) is 5.95 Å². The first-order valence-electron chi connectivity index (χ1n) is 15.0. The van der Waals surface area contributed by atoms with Gasteiger partial charge in [-0.3, -0.25) is 0 Å². The van der Waals surface area contributed by atoms with E-state index in [1.807, 2.05) is 71.3 Å². The average Bonchev–Trinajstić information content (AvgIpc) is 3.60. The molecule has 44 heavy (non-hydrogen) atoms. The Balaban J connectivity index is 1.36. The molecule has 0 saturated heterocycles. The van der Waals surface area contributed by atoms with Crippen LogP contribution in [0.2, 0.25) is 18.6 Å². The van der Waals surface area contributed by atoms with E-state index >= 15 is 0 Å². The van der Waals surface area contributed by atoms with Crippen molar-refractivity contribution < 1.29 is 19.7 Å². The summed E-state index contributed by atoms with van der Waals surface area (Å²) in [5.74, 6) is -0.0152. The highest BCUT2D eigenvalue weighted by molar-refractivity contribution is 6.91. The van der Waals surface area contributed by atoms with Crippen LogP contribution < -0.4 is 15.7 Å². The van der Waals surface area contributed by atoms with E-state index in [2.05, 4.69) is 52.3 Å². The molecule has 4 N–H and O–H groups in total. The molecule has 0 aliphatic heterocycles. The number of nitrogens with two attached hydrogens (primary N) is 1. The predicted octanol–water partition coefficient (Wildman–Crippen LogP) is 4.47. The molecule has 2 aromatic heterocycles. The van der Waals surface area contributed by atoms with Gasteiger partial charge in [-0.1, -0.05) is 109 Å². The molecule has 0 radical (unpaired) electrons. The molecule has 1 fully saturated rings. The van der Waals surface area contributed by atoms with Crippen LogP contribution in [-0.4, -0.2) is 56.6 Å². The Labute approximate surface area is 258 Å². The van der Waals surface area contributed by atoms with Crippen LogP contribution in [0.15, 0.2) is 97.3 Å². The van der Waals surface area contributed by atoms with Crippen LogP contribution in [0.3, 0.4) is 0 Å². The van der Waals surface area contributed by atoms with Crippen molar-refractivity contribution in [2.24, 2.45) is 5.92 Å². The summed E-state index contributed by atoms with van der Waals surface area (Å²) in [6.07, 6.45) is 2.26.